The van der Waals surface area contributed by atoms with Gasteiger partial charge < -0.3 is 10.8 Å². The largest absolute Gasteiger partial charge is 0.477 e. The Bertz CT molecular complexity index is 1410. The molecule has 0 saturated carbocycles. The second kappa shape index (κ2) is 7.86. The molecule has 0 aliphatic rings. The highest BCUT2D eigenvalue weighted by molar-refractivity contribution is 7.90. The van der Waals surface area contributed by atoms with Crippen LogP contribution < -0.4 is 5.73 Å². The number of nitrogens with zero attached hydrogens (tertiary/aromatic N) is 1. The van der Waals surface area contributed by atoms with Gasteiger partial charge in [-0.1, -0.05) is 66.7 Å². The average molecular weight is 433 g/mol. The first-order valence-corrected chi connectivity index (χ1v) is 11.0. The van der Waals surface area contributed by atoms with Crippen LogP contribution in [0.2, 0.25) is 0 Å². The van der Waals surface area contributed by atoms with Crippen molar-refractivity contribution < 1.29 is 18.3 Å². The maximum atomic E-state index is 13.6. The lowest BCUT2D eigenvalue weighted by molar-refractivity contribution is 0.0690. The van der Waals surface area contributed by atoms with E-state index in [4.69, 9.17) is 5.73 Å². The van der Waals surface area contributed by atoms with E-state index < -0.39 is 22.0 Å². The molecule has 1 atom stereocenters. The number of para-hydroxylation sites is 1. The molecule has 0 radical (unpaired) electrons. The van der Waals surface area contributed by atoms with Crippen molar-refractivity contribution in [2.24, 2.45) is 5.73 Å². The van der Waals surface area contributed by atoms with E-state index in [9.17, 15) is 18.3 Å². The second-order valence-electron chi connectivity index (χ2n) is 6.98. The molecule has 3 aromatic carbocycles. The number of rotatable bonds is 6. The van der Waals surface area contributed by atoms with Gasteiger partial charge in [-0.3, -0.25) is 0 Å². The molecular weight excluding hydrogens is 412 g/mol. The Hall–Kier alpha value is -3.68. The lowest BCUT2D eigenvalue weighted by Gasteiger charge is -2.14. The normalized spacial score (nSPS) is 12.5. The Morgan fingerprint density at radius 1 is 0.968 bits per heavy atom. The molecule has 4 rings (SSSR count). The van der Waals surface area contributed by atoms with E-state index in [2.05, 4.69) is 6.58 Å². The standard InChI is InChI=1S/C24H20N2O4S/c1-2-20(25)17-12-6-7-13-18(17)22-19-14-8-9-15-21(19)26(23(22)24(27)28)31(29,30)16-10-4-3-5-11-16/h2-15,20H,1,25H2,(H,27,28)/t20-/m1/s1. The number of carbonyl (C=O) groups is 1. The zero-order valence-corrected chi connectivity index (χ0v) is 17.3. The molecule has 6 nitrogen and oxygen atoms in total. The molecule has 0 amide bonds. The molecule has 0 aliphatic carbocycles. The number of carboxylic acids is 1. The SMILES string of the molecule is C=C[C@@H](N)c1ccccc1-c1c(C(=O)O)n(S(=O)(=O)c2ccccc2)c2ccccc12. The fourth-order valence-electron chi connectivity index (χ4n) is 3.77. The third-order valence-corrected chi connectivity index (χ3v) is 6.89. The maximum Gasteiger partial charge on any atom is 0.354 e. The van der Waals surface area contributed by atoms with Gasteiger partial charge in [0.05, 0.1) is 10.4 Å². The molecule has 31 heavy (non-hydrogen) atoms. The van der Waals surface area contributed by atoms with E-state index in [0.717, 1.165) is 3.97 Å². The Morgan fingerprint density at radius 2 is 1.58 bits per heavy atom. The topological polar surface area (TPSA) is 102 Å². The smallest absolute Gasteiger partial charge is 0.354 e. The number of carboxylic acid groups (broad SMARTS) is 1. The molecule has 1 aromatic heterocycles. The number of aromatic carboxylic acids is 1. The van der Waals surface area contributed by atoms with E-state index >= 15 is 0 Å². The van der Waals surface area contributed by atoms with Gasteiger partial charge in [-0.15, -0.1) is 6.58 Å². The van der Waals surface area contributed by atoms with Crippen LogP contribution in [0.4, 0.5) is 0 Å². The average Bonchev–Trinajstić information content (AvgIpc) is 3.15. The number of benzene rings is 3. The van der Waals surface area contributed by atoms with Crippen LogP contribution >= 0.6 is 0 Å². The third kappa shape index (κ3) is 3.34. The van der Waals surface area contributed by atoms with E-state index in [1.807, 2.05) is 0 Å². The molecule has 4 aromatic rings. The number of hydrogen-bond acceptors (Lipinski definition) is 4. The Kier molecular flexibility index (Phi) is 5.22. The van der Waals surface area contributed by atoms with Crippen LogP contribution in [0, 0.1) is 0 Å². The molecule has 156 valence electrons. The van der Waals surface area contributed by atoms with Crippen molar-refractivity contribution >= 4 is 26.9 Å². The fraction of sp³-hybridized carbons (Fsp3) is 0.0417. The first kappa shape index (κ1) is 20.6. The minimum Gasteiger partial charge on any atom is -0.477 e. The highest BCUT2D eigenvalue weighted by atomic mass is 32.2. The summed E-state index contributed by atoms with van der Waals surface area (Å²) in [5, 5.41) is 10.7. The van der Waals surface area contributed by atoms with Gasteiger partial charge in [-0.05, 0) is 29.3 Å². The van der Waals surface area contributed by atoms with Crippen LogP contribution in [0.1, 0.15) is 22.1 Å². The van der Waals surface area contributed by atoms with Gasteiger partial charge in [-0.2, -0.15) is 0 Å². The zero-order valence-electron chi connectivity index (χ0n) is 16.5. The monoisotopic (exact) mass is 432 g/mol. The number of nitrogens with two attached hydrogens (primary N) is 1. The van der Waals surface area contributed by atoms with Gasteiger partial charge in [0.25, 0.3) is 10.0 Å². The van der Waals surface area contributed by atoms with Crippen LogP contribution in [0.15, 0.2) is 96.4 Å². The summed E-state index contributed by atoms with van der Waals surface area (Å²) in [6, 6.07) is 21.0. The molecule has 0 unspecified atom stereocenters. The number of hydrogen-bond donors (Lipinski definition) is 2. The third-order valence-electron chi connectivity index (χ3n) is 5.16. The van der Waals surface area contributed by atoms with E-state index in [0.29, 0.717) is 22.1 Å². The van der Waals surface area contributed by atoms with E-state index in [1.165, 1.54) is 12.1 Å². The summed E-state index contributed by atoms with van der Waals surface area (Å²) in [6.45, 7) is 3.73. The fourth-order valence-corrected chi connectivity index (χ4v) is 5.31. The summed E-state index contributed by atoms with van der Waals surface area (Å²) in [5.74, 6) is -1.35. The first-order chi connectivity index (χ1) is 14.9. The summed E-state index contributed by atoms with van der Waals surface area (Å²) in [5.41, 5.74) is 7.64. The minimum atomic E-state index is -4.18. The van der Waals surface area contributed by atoms with Crippen molar-refractivity contribution in [1.29, 1.82) is 0 Å². The van der Waals surface area contributed by atoms with Crippen LogP contribution in [-0.4, -0.2) is 23.5 Å². The zero-order chi connectivity index (χ0) is 22.2. The highest BCUT2D eigenvalue weighted by Crippen LogP contribution is 2.40. The predicted molar refractivity (Wildman–Crippen MR) is 120 cm³/mol. The molecule has 0 bridgehead atoms. The molecular formula is C24H20N2O4S. The summed E-state index contributed by atoms with van der Waals surface area (Å²) in [7, 11) is -4.18. The molecule has 0 aliphatic heterocycles. The summed E-state index contributed by atoms with van der Waals surface area (Å²) >= 11 is 0. The van der Waals surface area contributed by atoms with Crippen molar-refractivity contribution in [3.63, 3.8) is 0 Å². The Morgan fingerprint density at radius 3 is 2.26 bits per heavy atom. The van der Waals surface area contributed by atoms with Gasteiger partial charge in [0, 0.05) is 17.0 Å². The molecule has 0 spiro atoms. The van der Waals surface area contributed by atoms with Crippen molar-refractivity contribution in [3.8, 4) is 11.1 Å². The molecule has 0 fully saturated rings. The van der Waals surface area contributed by atoms with Crippen molar-refractivity contribution in [3.05, 3.63) is 103 Å². The van der Waals surface area contributed by atoms with Gasteiger partial charge >= 0.3 is 5.97 Å². The molecule has 7 heteroatoms. The van der Waals surface area contributed by atoms with Crippen LogP contribution in [0.3, 0.4) is 0 Å². The van der Waals surface area contributed by atoms with E-state index in [1.54, 1.807) is 72.8 Å². The highest BCUT2D eigenvalue weighted by Gasteiger charge is 2.32. The Labute approximate surface area is 179 Å². The van der Waals surface area contributed by atoms with Crippen molar-refractivity contribution in [1.82, 2.24) is 3.97 Å². The lowest BCUT2D eigenvalue weighted by atomic mass is 9.93. The lowest BCUT2D eigenvalue weighted by Crippen LogP contribution is -2.19. The molecule has 0 saturated heterocycles. The number of fused-ring (bicyclic) bond motifs is 1. The summed E-state index contributed by atoms with van der Waals surface area (Å²) < 4.78 is 28.0. The Balaban J connectivity index is 2.18. The second-order valence-corrected chi connectivity index (χ2v) is 8.76. The summed E-state index contributed by atoms with van der Waals surface area (Å²) in [6.07, 6.45) is 1.55. The van der Waals surface area contributed by atoms with Gasteiger partial charge in [0.1, 0.15) is 0 Å². The maximum absolute atomic E-state index is 13.6. The van der Waals surface area contributed by atoms with Crippen molar-refractivity contribution in [2.45, 2.75) is 10.9 Å². The van der Waals surface area contributed by atoms with Crippen LogP contribution in [-0.2, 0) is 10.0 Å². The number of aromatic nitrogens is 1. The molecule has 3 N–H and O–H groups in total. The van der Waals surface area contributed by atoms with Gasteiger partial charge in [-0.25, -0.2) is 17.2 Å². The van der Waals surface area contributed by atoms with E-state index in [-0.39, 0.29) is 16.1 Å². The van der Waals surface area contributed by atoms with Crippen LogP contribution in [0.25, 0.3) is 22.0 Å². The summed E-state index contributed by atoms with van der Waals surface area (Å²) in [4.78, 5) is 12.5. The quantitative estimate of drug-likeness (QED) is 0.439. The first-order valence-electron chi connectivity index (χ1n) is 9.52. The predicted octanol–water partition coefficient (Wildman–Crippen LogP) is 4.43. The molecule has 1 heterocycles. The minimum absolute atomic E-state index is 0.000816. The van der Waals surface area contributed by atoms with Gasteiger partial charge in [0.15, 0.2) is 5.69 Å². The van der Waals surface area contributed by atoms with Gasteiger partial charge in [0.2, 0.25) is 0 Å². The van der Waals surface area contributed by atoms with Crippen molar-refractivity contribution in [2.75, 3.05) is 0 Å². The van der Waals surface area contributed by atoms with Crippen LogP contribution in [0.5, 0.6) is 0 Å².